The molecule has 128 valence electrons. The molecule has 2 rings (SSSR count). The van der Waals surface area contributed by atoms with Gasteiger partial charge in [0.05, 0.1) is 0 Å². The van der Waals surface area contributed by atoms with E-state index in [1.165, 1.54) is 5.56 Å². The van der Waals surface area contributed by atoms with E-state index in [-0.39, 0.29) is 0 Å². The molecular weight excluding hydrogens is 302 g/mol. The Morgan fingerprint density at radius 2 is 1.75 bits per heavy atom. The first-order chi connectivity index (χ1) is 11.5. The van der Waals surface area contributed by atoms with Crippen molar-refractivity contribution >= 4 is 5.97 Å². The summed E-state index contributed by atoms with van der Waals surface area (Å²) in [5.41, 5.74) is 2.17. The van der Waals surface area contributed by atoms with Crippen molar-refractivity contribution in [2.75, 3.05) is 0 Å². The van der Waals surface area contributed by atoms with E-state index in [9.17, 15) is 9.90 Å². The molecule has 1 aromatic heterocycles. The standard InChI is InChI=1S/C19H25N3O2/c1-14(2)10-17(19(23)24)20-11-16-12-21-18(22-13-16)9-8-15-6-4-3-5-7-15/h3-7,12-14,17,20H,8-11H2,1-2H3,(H,23,24)/t17-/m0/s1. The number of carboxylic acid groups (broad SMARTS) is 1. The predicted molar refractivity (Wildman–Crippen MR) is 93.6 cm³/mol. The van der Waals surface area contributed by atoms with Crippen LogP contribution in [-0.2, 0) is 24.2 Å². The zero-order chi connectivity index (χ0) is 17.4. The summed E-state index contributed by atoms with van der Waals surface area (Å²) in [6.07, 6.45) is 5.85. The summed E-state index contributed by atoms with van der Waals surface area (Å²) >= 11 is 0. The van der Waals surface area contributed by atoms with E-state index in [0.29, 0.717) is 18.9 Å². The lowest BCUT2D eigenvalue weighted by atomic mass is 10.0. The van der Waals surface area contributed by atoms with Crippen LogP contribution in [0.1, 0.15) is 37.2 Å². The van der Waals surface area contributed by atoms with Gasteiger partial charge in [0.2, 0.25) is 0 Å². The molecule has 0 aliphatic rings. The van der Waals surface area contributed by atoms with E-state index in [1.54, 1.807) is 12.4 Å². The minimum Gasteiger partial charge on any atom is -0.480 e. The predicted octanol–water partition coefficient (Wildman–Crippen LogP) is 2.85. The quantitative estimate of drug-likeness (QED) is 0.741. The molecule has 0 bridgehead atoms. The molecule has 0 saturated heterocycles. The van der Waals surface area contributed by atoms with Gasteiger partial charge in [0, 0.05) is 30.9 Å². The monoisotopic (exact) mass is 327 g/mol. The highest BCUT2D eigenvalue weighted by atomic mass is 16.4. The minimum atomic E-state index is -0.816. The van der Waals surface area contributed by atoms with Crippen LogP contribution >= 0.6 is 0 Å². The third-order valence-corrected chi connectivity index (χ3v) is 3.80. The fourth-order valence-electron chi connectivity index (χ4n) is 2.49. The maximum absolute atomic E-state index is 11.2. The molecule has 0 aliphatic heterocycles. The summed E-state index contributed by atoms with van der Waals surface area (Å²) in [4.78, 5) is 20.0. The van der Waals surface area contributed by atoms with Crippen LogP contribution in [0.2, 0.25) is 0 Å². The Hall–Kier alpha value is -2.27. The normalized spacial score (nSPS) is 12.3. The Balaban J connectivity index is 1.84. The molecule has 0 spiro atoms. The number of benzene rings is 1. The molecule has 0 aliphatic carbocycles. The number of aryl methyl sites for hydroxylation is 2. The molecule has 0 unspecified atom stereocenters. The Kier molecular flexibility index (Phi) is 6.88. The van der Waals surface area contributed by atoms with Crippen LogP contribution in [0, 0.1) is 5.92 Å². The summed E-state index contributed by atoms with van der Waals surface area (Å²) in [5, 5.41) is 12.3. The molecular formula is C19H25N3O2. The Labute approximate surface area is 143 Å². The lowest BCUT2D eigenvalue weighted by Gasteiger charge is -2.16. The highest BCUT2D eigenvalue weighted by Crippen LogP contribution is 2.07. The number of nitrogens with one attached hydrogen (secondary N) is 1. The fourth-order valence-corrected chi connectivity index (χ4v) is 2.49. The second kappa shape index (κ2) is 9.13. The molecule has 5 heteroatoms. The highest BCUT2D eigenvalue weighted by molar-refractivity contribution is 5.73. The van der Waals surface area contributed by atoms with Gasteiger partial charge in [0.25, 0.3) is 0 Å². The minimum absolute atomic E-state index is 0.329. The summed E-state index contributed by atoms with van der Waals surface area (Å²) in [7, 11) is 0. The lowest BCUT2D eigenvalue weighted by Crippen LogP contribution is -2.37. The van der Waals surface area contributed by atoms with Gasteiger partial charge in [-0.2, -0.15) is 0 Å². The van der Waals surface area contributed by atoms with Crippen molar-refractivity contribution in [3.05, 3.63) is 59.7 Å². The van der Waals surface area contributed by atoms with Crippen molar-refractivity contribution in [1.82, 2.24) is 15.3 Å². The second-order valence-corrected chi connectivity index (χ2v) is 6.39. The van der Waals surface area contributed by atoms with Gasteiger partial charge in [0.15, 0.2) is 0 Å². The number of aliphatic carboxylic acids is 1. The number of rotatable bonds is 9. The van der Waals surface area contributed by atoms with E-state index in [0.717, 1.165) is 24.2 Å². The van der Waals surface area contributed by atoms with Crippen molar-refractivity contribution < 1.29 is 9.90 Å². The molecule has 24 heavy (non-hydrogen) atoms. The average molecular weight is 327 g/mol. The molecule has 1 aromatic carbocycles. The van der Waals surface area contributed by atoms with Crippen LogP contribution in [0.25, 0.3) is 0 Å². The SMILES string of the molecule is CC(C)C[C@H](NCc1cnc(CCc2ccccc2)nc1)C(=O)O. The molecule has 1 atom stereocenters. The molecule has 0 radical (unpaired) electrons. The number of hydrogen-bond acceptors (Lipinski definition) is 4. The van der Waals surface area contributed by atoms with Crippen molar-refractivity contribution in [3.8, 4) is 0 Å². The number of carbonyl (C=O) groups is 1. The first-order valence-electron chi connectivity index (χ1n) is 8.34. The lowest BCUT2D eigenvalue weighted by molar-refractivity contribution is -0.140. The summed E-state index contributed by atoms with van der Waals surface area (Å²) < 4.78 is 0. The Bertz CT molecular complexity index is 627. The Morgan fingerprint density at radius 1 is 1.08 bits per heavy atom. The maximum Gasteiger partial charge on any atom is 0.320 e. The van der Waals surface area contributed by atoms with Gasteiger partial charge in [0.1, 0.15) is 11.9 Å². The van der Waals surface area contributed by atoms with Crippen molar-refractivity contribution in [2.24, 2.45) is 5.92 Å². The number of hydrogen-bond donors (Lipinski definition) is 2. The molecule has 5 nitrogen and oxygen atoms in total. The third-order valence-electron chi connectivity index (χ3n) is 3.80. The van der Waals surface area contributed by atoms with Gasteiger partial charge < -0.3 is 10.4 Å². The number of nitrogens with zero attached hydrogens (tertiary/aromatic N) is 2. The van der Waals surface area contributed by atoms with E-state index < -0.39 is 12.0 Å². The van der Waals surface area contributed by atoms with E-state index in [4.69, 9.17) is 0 Å². The van der Waals surface area contributed by atoms with E-state index in [1.807, 2.05) is 32.0 Å². The van der Waals surface area contributed by atoms with Crippen molar-refractivity contribution in [2.45, 2.75) is 45.7 Å². The van der Waals surface area contributed by atoms with E-state index >= 15 is 0 Å². The van der Waals surface area contributed by atoms with Gasteiger partial charge in [-0.25, -0.2) is 9.97 Å². The van der Waals surface area contributed by atoms with Gasteiger partial charge in [-0.15, -0.1) is 0 Å². The van der Waals surface area contributed by atoms with Gasteiger partial charge in [-0.3, -0.25) is 4.79 Å². The van der Waals surface area contributed by atoms with Crippen molar-refractivity contribution in [3.63, 3.8) is 0 Å². The zero-order valence-electron chi connectivity index (χ0n) is 14.3. The molecule has 2 aromatic rings. The van der Waals surface area contributed by atoms with Crippen LogP contribution in [0.3, 0.4) is 0 Å². The first kappa shape index (κ1) is 18.1. The van der Waals surface area contributed by atoms with Gasteiger partial charge in [-0.1, -0.05) is 44.2 Å². The van der Waals surface area contributed by atoms with Crippen molar-refractivity contribution in [1.29, 1.82) is 0 Å². The second-order valence-electron chi connectivity index (χ2n) is 6.39. The highest BCUT2D eigenvalue weighted by Gasteiger charge is 2.18. The van der Waals surface area contributed by atoms with E-state index in [2.05, 4.69) is 27.4 Å². The zero-order valence-corrected chi connectivity index (χ0v) is 14.3. The molecule has 0 amide bonds. The third kappa shape index (κ3) is 6.08. The smallest absolute Gasteiger partial charge is 0.320 e. The maximum atomic E-state index is 11.2. The van der Waals surface area contributed by atoms with Crippen LogP contribution in [0.5, 0.6) is 0 Å². The number of carboxylic acids is 1. The van der Waals surface area contributed by atoms with Gasteiger partial charge >= 0.3 is 5.97 Å². The van der Waals surface area contributed by atoms with Crippen LogP contribution < -0.4 is 5.32 Å². The van der Waals surface area contributed by atoms with Gasteiger partial charge in [-0.05, 0) is 24.3 Å². The van der Waals surface area contributed by atoms with Crippen LogP contribution in [0.15, 0.2) is 42.7 Å². The molecule has 0 saturated carbocycles. The molecule has 2 N–H and O–H groups in total. The largest absolute Gasteiger partial charge is 0.480 e. The van der Waals surface area contributed by atoms with Crippen LogP contribution in [-0.4, -0.2) is 27.1 Å². The summed E-state index contributed by atoms with van der Waals surface area (Å²) in [6.45, 7) is 4.49. The topological polar surface area (TPSA) is 75.1 Å². The number of aromatic nitrogens is 2. The summed E-state index contributed by atoms with van der Waals surface area (Å²) in [6, 6.07) is 9.72. The molecule has 0 fully saturated rings. The van der Waals surface area contributed by atoms with Crippen LogP contribution in [0.4, 0.5) is 0 Å². The average Bonchev–Trinajstić information content (AvgIpc) is 2.58. The Morgan fingerprint density at radius 3 is 2.33 bits per heavy atom. The first-order valence-corrected chi connectivity index (χ1v) is 8.34. The fraction of sp³-hybridized carbons (Fsp3) is 0.421. The summed E-state index contributed by atoms with van der Waals surface area (Å²) in [5.74, 6) is 0.318. The molecule has 1 heterocycles.